The van der Waals surface area contributed by atoms with E-state index in [1.165, 1.54) is 6.07 Å². The van der Waals surface area contributed by atoms with Gasteiger partial charge in [-0.3, -0.25) is 0 Å². The molecule has 0 saturated carbocycles. The Bertz CT molecular complexity index is 734. The van der Waals surface area contributed by atoms with Crippen molar-refractivity contribution < 1.29 is 14.6 Å². The number of nitroso groups, excluding NO2 is 1. The molecule has 1 aliphatic heterocycles. The molecule has 4 N–H and O–H groups in total. The summed E-state index contributed by atoms with van der Waals surface area (Å²) in [5.41, 5.74) is 5.61. The van der Waals surface area contributed by atoms with Gasteiger partial charge in [-0.15, -0.1) is 4.91 Å². The van der Waals surface area contributed by atoms with E-state index in [1.807, 2.05) is 0 Å². The number of nitrogens with zero attached hydrogens (tertiary/aromatic N) is 2. The molecule has 3 rings (SSSR count). The number of fused-ring (bicyclic) bond motifs is 1. The number of carbonyl (C=O) groups is 1. The molecule has 0 atom stereocenters. The molecular formula is C14H16N4O4. The number of hydrogen-bond acceptors (Lipinski definition) is 6. The lowest BCUT2D eigenvalue weighted by molar-refractivity contribution is 0.211. The van der Waals surface area contributed by atoms with Gasteiger partial charge < -0.3 is 25.5 Å². The van der Waals surface area contributed by atoms with E-state index in [0.717, 1.165) is 25.9 Å². The molecule has 0 bridgehead atoms. The fraction of sp³-hybridized carbons (Fsp3) is 0.357. The summed E-state index contributed by atoms with van der Waals surface area (Å²) in [5, 5.41) is 17.0. The number of amides is 1. The summed E-state index contributed by atoms with van der Waals surface area (Å²) in [6.07, 6.45) is 0.742. The lowest BCUT2D eigenvalue weighted by atomic mass is 10.1. The Balaban J connectivity index is 2.14. The number of carbonyl (C=O) groups excluding carboxylic acids is 1. The van der Waals surface area contributed by atoms with Gasteiger partial charge in [-0.05, 0) is 49.3 Å². The van der Waals surface area contributed by atoms with Crippen LogP contribution in [0.2, 0.25) is 0 Å². The zero-order chi connectivity index (χ0) is 15.7. The number of nitrogens with one attached hydrogen (secondary N) is 1. The first kappa shape index (κ1) is 14.3. The third-order valence-corrected chi connectivity index (χ3v) is 3.91. The molecule has 116 valence electrons. The van der Waals surface area contributed by atoms with Gasteiger partial charge in [0.15, 0.2) is 5.69 Å². The molecule has 1 fully saturated rings. The minimum absolute atomic E-state index is 0.0524. The zero-order valence-corrected chi connectivity index (χ0v) is 11.8. The average molecular weight is 304 g/mol. The third-order valence-electron chi connectivity index (χ3n) is 3.91. The Morgan fingerprint density at radius 2 is 2.14 bits per heavy atom. The van der Waals surface area contributed by atoms with Gasteiger partial charge in [-0.25, -0.2) is 4.79 Å². The fourth-order valence-corrected chi connectivity index (χ4v) is 2.97. The Morgan fingerprint density at radius 3 is 2.77 bits per heavy atom. The number of rotatable bonds is 3. The average Bonchev–Trinajstić information content (AvgIpc) is 2.78. The van der Waals surface area contributed by atoms with Gasteiger partial charge in [0.1, 0.15) is 5.75 Å². The Morgan fingerprint density at radius 1 is 1.41 bits per heavy atom. The van der Waals surface area contributed by atoms with Crippen molar-refractivity contribution in [2.45, 2.75) is 18.9 Å². The van der Waals surface area contributed by atoms with Gasteiger partial charge >= 0.3 is 6.09 Å². The summed E-state index contributed by atoms with van der Waals surface area (Å²) in [6.45, 7) is 1.69. The van der Waals surface area contributed by atoms with Crippen molar-refractivity contribution in [2.75, 3.05) is 13.1 Å². The number of aromatic nitrogens is 1. The predicted octanol–water partition coefficient (Wildman–Crippen LogP) is 2.13. The maximum absolute atomic E-state index is 11.1. The van der Waals surface area contributed by atoms with Crippen LogP contribution in [0.15, 0.2) is 23.4 Å². The van der Waals surface area contributed by atoms with Crippen LogP contribution < -0.4 is 15.8 Å². The predicted molar refractivity (Wildman–Crippen MR) is 80.4 cm³/mol. The van der Waals surface area contributed by atoms with Gasteiger partial charge in [0.2, 0.25) is 5.88 Å². The van der Waals surface area contributed by atoms with E-state index < -0.39 is 6.09 Å². The summed E-state index contributed by atoms with van der Waals surface area (Å²) in [6, 6.07) is 4.82. The monoisotopic (exact) mass is 304 g/mol. The van der Waals surface area contributed by atoms with Crippen molar-refractivity contribution >= 4 is 22.7 Å². The van der Waals surface area contributed by atoms with Gasteiger partial charge in [-0.1, -0.05) is 0 Å². The van der Waals surface area contributed by atoms with E-state index in [1.54, 1.807) is 16.7 Å². The summed E-state index contributed by atoms with van der Waals surface area (Å²) < 4.78 is 6.53. The van der Waals surface area contributed by atoms with E-state index in [4.69, 9.17) is 10.5 Å². The molecule has 1 aliphatic rings. The second-order valence-corrected chi connectivity index (χ2v) is 5.21. The van der Waals surface area contributed by atoms with E-state index in [0.29, 0.717) is 10.9 Å². The molecule has 22 heavy (non-hydrogen) atoms. The first-order valence-electron chi connectivity index (χ1n) is 7.00. The number of piperidine rings is 1. The summed E-state index contributed by atoms with van der Waals surface area (Å²) >= 11 is 0. The number of hydrogen-bond donors (Lipinski definition) is 3. The van der Waals surface area contributed by atoms with Gasteiger partial charge in [0.25, 0.3) is 0 Å². The highest BCUT2D eigenvalue weighted by molar-refractivity contribution is 5.96. The largest absolute Gasteiger partial charge is 0.493 e. The Hall–Kier alpha value is -2.61. The maximum Gasteiger partial charge on any atom is 0.409 e. The summed E-state index contributed by atoms with van der Waals surface area (Å²) in [5.74, 6) is 0.0421. The fourth-order valence-electron chi connectivity index (χ4n) is 2.97. The van der Waals surface area contributed by atoms with Gasteiger partial charge in [0.05, 0.1) is 5.52 Å². The second-order valence-electron chi connectivity index (χ2n) is 5.21. The topological polar surface area (TPSA) is 119 Å². The van der Waals surface area contributed by atoms with Gasteiger partial charge in [0, 0.05) is 11.4 Å². The first-order chi connectivity index (χ1) is 10.6. The zero-order valence-electron chi connectivity index (χ0n) is 11.8. The SMILES string of the molecule is NC(=O)Oc1ccc2c(c1)c(N=O)c(O)n2C1CCNCC1. The minimum Gasteiger partial charge on any atom is -0.493 e. The molecule has 2 aromatic rings. The Labute approximate surface area is 125 Å². The van der Waals surface area contributed by atoms with Crippen molar-refractivity contribution in [2.24, 2.45) is 10.9 Å². The van der Waals surface area contributed by atoms with E-state index >= 15 is 0 Å². The number of aromatic hydroxyl groups is 1. The third kappa shape index (κ3) is 2.37. The first-order valence-corrected chi connectivity index (χ1v) is 7.00. The standard InChI is InChI=1S/C14H16N4O4/c15-14(20)22-9-1-2-11-10(7-9)12(17-21)13(19)18(11)8-3-5-16-6-4-8/h1-2,7-8,16,19H,3-6H2,(H2,15,20). The highest BCUT2D eigenvalue weighted by atomic mass is 16.5. The van der Waals surface area contributed by atoms with Crippen LogP contribution in [-0.2, 0) is 0 Å². The van der Waals surface area contributed by atoms with Crippen LogP contribution in [0.4, 0.5) is 10.5 Å². The molecule has 0 unspecified atom stereocenters. The smallest absolute Gasteiger partial charge is 0.409 e. The maximum atomic E-state index is 11.1. The number of nitrogens with two attached hydrogens (primary N) is 1. The molecule has 0 aliphatic carbocycles. The molecule has 2 heterocycles. The molecule has 1 amide bonds. The van der Waals surface area contributed by atoms with Crippen LogP contribution in [0.25, 0.3) is 10.9 Å². The number of benzene rings is 1. The Kier molecular flexibility index (Phi) is 3.68. The molecule has 0 spiro atoms. The van der Waals surface area contributed by atoms with Crippen molar-refractivity contribution in [3.8, 4) is 11.6 Å². The second kappa shape index (κ2) is 5.64. The summed E-state index contributed by atoms with van der Waals surface area (Å²) in [7, 11) is 0. The molecule has 8 heteroatoms. The van der Waals surface area contributed by atoms with Crippen LogP contribution in [0.1, 0.15) is 18.9 Å². The normalized spacial score (nSPS) is 15.8. The molecular weight excluding hydrogens is 288 g/mol. The van der Waals surface area contributed by atoms with Crippen LogP contribution in [-0.4, -0.2) is 28.9 Å². The molecule has 1 saturated heterocycles. The van der Waals surface area contributed by atoms with Crippen LogP contribution in [0.5, 0.6) is 11.6 Å². The number of primary amides is 1. The molecule has 8 nitrogen and oxygen atoms in total. The van der Waals surface area contributed by atoms with E-state index in [9.17, 15) is 14.8 Å². The lowest BCUT2D eigenvalue weighted by Crippen LogP contribution is -2.29. The summed E-state index contributed by atoms with van der Waals surface area (Å²) in [4.78, 5) is 21.9. The van der Waals surface area contributed by atoms with Crippen molar-refractivity contribution in [1.29, 1.82) is 0 Å². The minimum atomic E-state index is -0.943. The van der Waals surface area contributed by atoms with Crippen molar-refractivity contribution in [3.63, 3.8) is 0 Å². The molecule has 0 radical (unpaired) electrons. The van der Waals surface area contributed by atoms with Gasteiger partial charge in [-0.2, -0.15) is 0 Å². The van der Waals surface area contributed by atoms with E-state index in [2.05, 4.69) is 10.5 Å². The van der Waals surface area contributed by atoms with Crippen LogP contribution >= 0.6 is 0 Å². The van der Waals surface area contributed by atoms with Crippen molar-refractivity contribution in [3.05, 3.63) is 23.1 Å². The van der Waals surface area contributed by atoms with Crippen molar-refractivity contribution in [1.82, 2.24) is 9.88 Å². The molecule has 1 aromatic carbocycles. The van der Waals surface area contributed by atoms with Crippen LogP contribution in [0, 0.1) is 4.91 Å². The van der Waals surface area contributed by atoms with E-state index in [-0.39, 0.29) is 23.4 Å². The number of ether oxygens (including phenoxy) is 1. The highest BCUT2D eigenvalue weighted by Crippen LogP contribution is 2.43. The van der Waals surface area contributed by atoms with Crippen LogP contribution in [0.3, 0.4) is 0 Å². The lowest BCUT2D eigenvalue weighted by Gasteiger charge is -2.25. The molecule has 1 aromatic heterocycles. The quantitative estimate of drug-likeness (QED) is 0.750. The highest BCUT2D eigenvalue weighted by Gasteiger charge is 2.25.